The maximum Gasteiger partial charge on any atom is 0.325 e. The molecule has 3 aromatic rings. The second kappa shape index (κ2) is 8.86. The number of halogens is 1. The van der Waals surface area contributed by atoms with E-state index in [1.807, 2.05) is 12.1 Å². The van der Waals surface area contributed by atoms with Gasteiger partial charge in [0.2, 0.25) is 5.91 Å². The van der Waals surface area contributed by atoms with Crippen molar-refractivity contribution in [3.8, 4) is 0 Å². The van der Waals surface area contributed by atoms with Crippen LogP contribution >= 0.6 is 11.3 Å². The molecule has 1 aromatic carbocycles. The van der Waals surface area contributed by atoms with E-state index in [9.17, 15) is 14.0 Å². The number of nitrogens with one attached hydrogen (secondary N) is 3. The molecule has 7 nitrogen and oxygen atoms in total. The van der Waals surface area contributed by atoms with Crippen molar-refractivity contribution in [3.63, 3.8) is 0 Å². The van der Waals surface area contributed by atoms with E-state index >= 15 is 0 Å². The van der Waals surface area contributed by atoms with Gasteiger partial charge in [-0.25, -0.2) is 14.2 Å². The maximum absolute atomic E-state index is 12.9. The van der Waals surface area contributed by atoms with Gasteiger partial charge >= 0.3 is 6.03 Å². The van der Waals surface area contributed by atoms with Crippen molar-refractivity contribution in [2.75, 3.05) is 10.6 Å². The molecule has 0 aliphatic carbocycles. The maximum atomic E-state index is 12.9. The molecule has 0 fully saturated rings. The predicted molar refractivity (Wildman–Crippen MR) is 101 cm³/mol. The number of hydrogen-bond acceptors (Lipinski definition) is 5. The van der Waals surface area contributed by atoms with Crippen LogP contribution in [0.25, 0.3) is 0 Å². The minimum Gasteiger partial charge on any atom is -0.350 e. The molecule has 27 heavy (non-hydrogen) atoms. The lowest BCUT2D eigenvalue weighted by molar-refractivity contribution is -0.120. The molecule has 0 aliphatic rings. The largest absolute Gasteiger partial charge is 0.350 e. The molecular weight excluding hydrogens is 369 g/mol. The molecule has 9 heteroatoms. The van der Waals surface area contributed by atoms with Crippen LogP contribution in [0.1, 0.15) is 11.4 Å². The summed E-state index contributed by atoms with van der Waals surface area (Å²) >= 11 is 1.21. The van der Waals surface area contributed by atoms with Crippen LogP contribution in [0.5, 0.6) is 0 Å². The predicted octanol–water partition coefficient (Wildman–Crippen LogP) is 3.18. The van der Waals surface area contributed by atoms with E-state index in [4.69, 9.17) is 0 Å². The first-order valence-corrected chi connectivity index (χ1v) is 8.91. The van der Waals surface area contributed by atoms with E-state index in [1.54, 1.807) is 17.6 Å². The standard InChI is InChI=1S/C18H16FN5O2S/c19-12-4-6-13(7-5-12)22-17(26)24-18-23-15(11-27-18)9-16(25)21-10-14-3-1-2-8-20-14/h1-8,11H,9-10H2,(H,21,25)(H2,22,23,24,26). The number of thiazole rings is 1. The number of carbonyl (C=O) groups is 2. The molecule has 0 aliphatic heterocycles. The van der Waals surface area contributed by atoms with Crippen molar-refractivity contribution >= 4 is 34.1 Å². The third-order valence-electron chi connectivity index (χ3n) is 3.41. The normalized spacial score (nSPS) is 10.3. The van der Waals surface area contributed by atoms with Crippen LogP contribution in [0.15, 0.2) is 54.0 Å². The third-order valence-corrected chi connectivity index (χ3v) is 4.22. The van der Waals surface area contributed by atoms with Gasteiger partial charge in [0.05, 0.1) is 24.4 Å². The van der Waals surface area contributed by atoms with Gasteiger partial charge in [0.1, 0.15) is 5.82 Å². The number of rotatable bonds is 6. The second-order valence-electron chi connectivity index (χ2n) is 5.50. The lowest BCUT2D eigenvalue weighted by atomic mass is 10.3. The zero-order valence-corrected chi connectivity index (χ0v) is 14.9. The highest BCUT2D eigenvalue weighted by Gasteiger charge is 2.10. The Morgan fingerprint density at radius 3 is 2.59 bits per heavy atom. The van der Waals surface area contributed by atoms with Gasteiger partial charge in [-0.15, -0.1) is 11.3 Å². The molecule has 2 heterocycles. The fourth-order valence-electron chi connectivity index (χ4n) is 2.16. The number of urea groups is 1. The molecule has 3 amide bonds. The zero-order chi connectivity index (χ0) is 19.1. The summed E-state index contributed by atoms with van der Waals surface area (Å²) in [6, 6.07) is 10.4. The van der Waals surface area contributed by atoms with Crippen molar-refractivity contribution in [1.29, 1.82) is 0 Å². The lowest BCUT2D eigenvalue weighted by Gasteiger charge is -2.05. The highest BCUT2D eigenvalue weighted by atomic mass is 32.1. The summed E-state index contributed by atoms with van der Waals surface area (Å²) < 4.78 is 12.9. The molecule has 0 spiro atoms. The monoisotopic (exact) mass is 385 g/mol. The smallest absolute Gasteiger partial charge is 0.325 e. The van der Waals surface area contributed by atoms with Gasteiger partial charge in [-0.3, -0.25) is 15.1 Å². The van der Waals surface area contributed by atoms with Crippen molar-refractivity contribution in [3.05, 3.63) is 71.2 Å². The second-order valence-corrected chi connectivity index (χ2v) is 6.36. The number of hydrogen-bond donors (Lipinski definition) is 3. The Morgan fingerprint density at radius 1 is 1.04 bits per heavy atom. The zero-order valence-electron chi connectivity index (χ0n) is 14.1. The Morgan fingerprint density at radius 2 is 1.85 bits per heavy atom. The average Bonchev–Trinajstić information content (AvgIpc) is 3.09. The van der Waals surface area contributed by atoms with Gasteiger partial charge in [0.25, 0.3) is 0 Å². The first-order valence-electron chi connectivity index (χ1n) is 8.03. The Balaban J connectivity index is 1.46. The summed E-state index contributed by atoms with van der Waals surface area (Å²) in [6.45, 7) is 0.342. The average molecular weight is 385 g/mol. The van der Waals surface area contributed by atoms with Crippen molar-refractivity contribution in [1.82, 2.24) is 15.3 Å². The van der Waals surface area contributed by atoms with E-state index in [-0.39, 0.29) is 18.1 Å². The fraction of sp³-hybridized carbons (Fsp3) is 0.111. The molecule has 0 unspecified atom stereocenters. The molecule has 0 bridgehead atoms. The molecule has 0 atom stereocenters. The Labute approximate surface area is 158 Å². The van der Waals surface area contributed by atoms with E-state index in [0.29, 0.717) is 23.1 Å². The van der Waals surface area contributed by atoms with Crippen LogP contribution in [-0.2, 0) is 17.8 Å². The number of carbonyl (C=O) groups excluding carboxylic acids is 2. The highest BCUT2D eigenvalue weighted by Crippen LogP contribution is 2.16. The summed E-state index contributed by atoms with van der Waals surface area (Å²) in [5, 5.41) is 9.98. The Hall–Kier alpha value is -3.33. The van der Waals surface area contributed by atoms with Crippen molar-refractivity contribution < 1.29 is 14.0 Å². The minimum absolute atomic E-state index is 0.102. The van der Waals surface area contributed by atoms with E-state index in [1.165, 1.54) is 35.6 Å². The molecular formula is C18H16FN5O2S. The van der Waals surface area contributed by atoms with Crippen molar-refractivity contribution in [2.24, 2.45) is 0 Å². The van der Waals surface area contributed by atoms with Gasteiger partial charge in [0.15, 0.2) is 5.13 Å². The molecule has 0 saturated heterocycles. The number of aromatic nitrogens is 2. The Bertz CT molecular complexity index is 915. The molecule has 0 saturated carbocycles. The summed E-state index contributed by atoms with van der Waals surface area (Å²) in [7, 11) is 0. The number of nitrogens with zero attached hydrogens (tertiary/aromatic N) is 2. The van der Waals surface area contributed by atoms with Gasteiger partial charge in [-0.05, 0) is 36.4 Å². The number of pyridine rings is 1. The molecule has 138 valence electrons. The molecule has 0 radical (unpaired) electrons. The molecule has 3 rings (SSSR count). The van der Waals surface area contributed by atoms with Gasteiger partial charge in [-0.1, -0.05) is 6.07 Å². The van der Waals surface area contributed by atoms with Crippen LogP contribution in [0.4, 0.5) is 20.0 Å². The van der Waals surface area contributed by atoms with Crippen LogP contribution in [-0.4, -0.2) is 21.9 Å². The third kappa shape index (κ3) is 5.86. The van der Waals surface area contributed by atoms with Gasteiger partial charge in [0, 0.05) is 17.3 Å². The first-order chi connectivity index (χ1) is 13.1. The number of benzene rings is 1. The highest BCUT2D eigenvalue weighted by molar-refractivity contribution is 7.14. The lowest BCUT2D eigenvalue weighted by Crippen LogP contribution is -2.25. The van der Waals surface area contributed by atoms with E-state index < -0.39 is 6.03 Å². The number of anilines is 2. The summed E-state index contributed by atoms with van der Waals surface area (Å²) in [5.74, 6) is -0.569. The summed E-state index contributed by atoms with van der Waals surface area (Å²) in [5.41, 5.74) is 1.78. The Kier molecular flexibility index (Phi) is 6.06. The van der Waals surface area contributed by atoms with E-state index in [0.717, 1.165) is 5.69 Å². The van der Waals surface area contributed by atoms with Gasteiger partial charge < -0.3 is 10.6 Å². The summed E-state index contributed by atoms with van der Waals surface area (Å²) in [6.07, 6.45) is 1.77. The van der Waals surface area contributed by atoms with Crippen LogP contribution < -0.4 is 16.0 Å². The van der Waals surface area contributed by atoms with Crippen LogP contribution in [0.2, 0.25) is 0 Å². The fourth-order valence-corrected chi connectivity index (χ4v) is 2.86. The molecule has 2 aromatic heterocycles. The summed E-state index contributed by atoms with van der Waals surface area (Å²) in [4.78, 5) is 32.2. The SMILES string of the molecule is O=C(Cc1csc(NC(=O)Nc2ccc(F)cc2)n1)NCc1ccccn1. The quantitative estimate of drug-likeness (QED) is 0.607. The minimum atomic E-state index is -0.498. The molecule has 3 N–H and O–H groups in total. The van der Waals surface area contributed by atoms with Crippen molar-refractivity contribution in [2.45, 2.75) is 13.0 Å². The first kappa shape index (κ1) is 18.5. The van der Waals surface area contributed by atoms with E-state index in [2.05, 4.69) is 25.9 Å². The van der Waals surface area contributed by atoms with Crippen LogP contribution in [0.3, 0.4) is 0 Å². The van der Waals surface area contributed by atoms with Gasteiger partial charge in [-0.2, -0.15) is 0 Å². The number of amides is 3. The van der Waals surface area contributed by atoms with Crippen LogP contribution in [0, 0.1) is 5.82 Å². The topological polar surface area (TPSA) is 96.0 Å².